The molecular formula is C22H22ClN3O3. The molecule has 2 fully saturated rings. The molecule has 6 nitrogen and oxygen atoms in total. The highest BCUT2D eigenvalue weighted by Crippen LogP contribution is 2.30. The lowest BCUT2D eigenvalue weighted by Gasteiger charge is -2.25. The Morgan fingerprint density at radius 1 is 1.10 bits per heavy atom. The number of hydrogen-bond acceptors (Lipinski definition) is 3. The average Bonchev–Trinajstić information content (AvgIpc) is 3.50. The van der Waals surface area contributed by atoms with E-state index in [2.05, 4.69) is 0 Å². The van der Waals surface area contributed by atoms with Crippen molar-refractivity contribution in [2.45, 2.75) is 25.8 Å². The van der Waals surface area contributed by atoms with Gasteiger partial charge in [0.25, 0.3) is 5.91 Å². The van der Waals surface area contributed by atoms with E-state index in [1.807, 2.05) is 31.2 Å². The van der Waals surface area contributed by atoms with Crippen LogP contribution in [-0.4, -0.2) is 53.3 Å². The second-order valence-electron chi connectivity index (χ2n) is 7.47. The molecule has 0 bridgehead atoms. The standard InChI is InChI=1S/C22H22ClN3O3/c1-15-18(23)8-5-9-19(15)26-14-24(12-21(26)28)20(27)13-25(17-10-11-17)22(29)16-6-3-2-4-7-16/h2-9,17H,10-14H2,1H3. The third-order valence-corrected chi connectivity index (χ3v) is 5.81. The minimum Gasteiger partial charge on any atom is -0.326 e. The Labute approximate surface area is 174 Å². The lowest BCUT2D eigenvalue weighted by Crippen LogP contribution is -2.43. The highest BCUT2D eigenvalue weighted by Gasteiger charge is 2.38. The summed E-state index contributed by atoms with van der Waals surface area (Å²) in [7, 11) is 0. The van der Waals surface area contributed by atoms with Crippen LogP contribution in [0.5, 0.6) is 0 Å². The maximum Gasteiger partial charge on any atom is 0.254 e. The molecule has 0 aromatic heterocycles. The summed E-state index contributed by atoms with van der Waals surface area (Å²) < 4.78 is 0. The van der Waals surface area contributed by atoms with E-state index in [-0.39, 0.29) is 43.5 Å². The van der Waals surface area contributed by atoms with Crippen LogP contribution < -0.4 is 4.90 Å². The second kappa shape index (κ2) is 7.87. The van der Waals surface area contributed by atoms with Gasteiger partial charge < -0.3 is 9.80 Å². The van der Waals surface area contributed by atoms with Crippen LogP contribution in [0.1, 0.15) is 28.8 Å². The molecule has 2 aromatic rings. The zero-order valence-electron chi connectivity index (χ0n) is 16.2. The van der Waals surface area contributed by atoms with E-state index >= 15 is 0 Å². The fraction of sp³-hybridized carbons (Fsp3) is 0.318. The first kappa shape index (κ1) is 19.5. The van der Waals surface area contributed by atoms with Crippen molar-refractivity contribution >= 4 is 35.0 Å². The molecule has 0 spiro atoms. The highest BCUT2D eigenvalue weighted by atomic mass is 35.5. The number of benzene rings is 2. The minimum atomic E-state index is -0.225. The van der Waals surface area contributed by atoms with Crippen molar-refractivity contribution in [3.63, 3.8) is 0 Å². The van der Waals surface area contributed by atoms with Gasteiger partial charge in [-0.15, -0.1) is 0 Å². The van der Waals surface area contributed by atoms with E-state index < -0.39 is 0 Å². The first-order valence-electron chi connectivity index (χ1n) is 9.65. The van der Waals surface area contributed by atoms with E-state index in [1.165, 1.54) is 4.90 Å². The Morgan fingerprint density at radius 3 is 2.52 bits per heavy atom. The van der Waals surface area contributed by atoms with Gasteiger partial charge in [-0.3, -0.25) is 19.3 Å². The zero-order chi connectivity index (χ0) is 20.5. The number of hydrogen-bond donors (Lipinski definition) is 0. The molecule has 4 rings (SSSR count). The average molecular weight is 412 g/mol. The van der Waals surface area contributed by atoms with Gasteiger partial charge in [-0.2, -0.15) is 0 Å². The molecule has 0 atom stereocenters. The fourth-order valence-electron chi connectivity index (χ4n) is 3.56. The molecule has 1 heterocycles. The summed E-state index contributed by atoms with van der Waals surface area (Å²) in [6.07, 6.45) is 1.80. The van der Waals surface area contributed by atoms with Crippen LogP contribution in [0.25, 0.3) is 0 Å². The van der Waals surface area contributed by atoms with Gasteiger partial charge in [0.2, 0.25) is 11.8 Å². The van der Waals surface area contributed by atoms with E-state index in [1.54, 1.807) is 34.1 Å². The molecule has 1 saturated carbocycles. The minimum absolute atomic E-state index is 0.00280. The van der Waals surface area contributed by atoms with Crippen molar-refractivity contribution in [2.75, 3.05) is 24.7 Å². The zero-order valence-corrected chi connectivity index (χ0v) is 16.9. The summed E-state index contributed by atoms with van der Waals surface area (Å²) in [6.45, 7) is 2.00. The van der Waals surface area contributed by atoms with Crippen molar-refractivity contribution < 1.29 is 14.4 Å². The normalized spacial score (nSPS) is 16.3. The summed E-state index contributed by atoms with van der Waals surface area (Å²) in [4.78, 5) is 43.0. The lowest BCUT2D eigenvalue weighted by molar-refractivity contribution is -0.132. The fourth-order valence-corrected chi connectivity index (χ4v) is 3.73. The van der Waals surface area contributed by atoms with Gasteiger partial charge in [-0.05, 0) is 49.6 Å². The third-order valence-electron chi connectivity index (χ3n) is 5.40. The van der Waals surface area contributed by atoms with E-state index in [9.17, 15) is 14.4 Å². The Bertz CT molecular complexity index is 959. The highest BCUT2D eigenvalue weighted by molar-refractivity contribution is 6.31. The molecule has 1 saturated heterocycles. The van der Waals surface area contributed by atoms with Crippen molar-refractivity contribution in [3.05, 3.63) is 64.7 Å². The van der Waals surface area contributed by atoms with Crippen molar-refractivity contribution in [1.29, 1.82) is 0 Å². The Hall–Kier alpha value is -2.86. The Balaban J connectivity index is 1.47. The number of carbonyl (C=O) groups is 3. The lowest BCUT2D eigenvalue weighted by atomic mass is 10.2. The van der Waals surface area contributed by atoms with Crippen LogP contribution in [0.15, 0.2) is 48.5 Å². The van der Waals surface area contributed by atoms with Crippen LogP contribution in [0.4, 0.5) is 5.69 Å². The number of amides is 3. The molecule has 150 valence electrons. The Morgan fingerprint density at radius 2 is 1.83 bits per heavy atom. The number of carbonyl (C=O) groups excluding carboxylic acids is 3. The Kier molecular flexibility index (Phi) is 5.28. The van der Waals surface area contributed by atoms with E-state index in [4.69, 9.17) is 11.6 Å². The predicted molar refractivity (Wildman–Crippen MR) is 111 cm³/mol. The van der Waals surface area contributed by atoms with Gasteiger partial charge in [0.1, 0.15) is 19.8 Å². The SMILES string of the molecule is Cc1c(Cl)cccc1N1CN(C(=O)CN(C(=O)c2ccccc2)C2CC2)CC1=O. The van der Waals surface area contributed by atoms with Crippen LogP contribution in [0, 0.1) is 6.92 Å². The van der Waals surface area contributed by atoms with Crippen LogP contribution in [0.3, 0.4) is 0 Å². The molecule has 7 heteroatoms. The predicted octanol–water partition coefficient (Wildman–Crippen LogP) is 3.09. The van der Waals surface area contributed by atoms with Gasteiger partial charge in [-0.25, -0.2) is 0 Å². The first-order valence-corrected chi connectivity index (χ1v) is 10.0. The second-order valence-corrected chi connectivity index (χ2v) is 7.88. The summed E-state index contributed by atoms with van der Waals surface area (Å²) in [5.74, 6) is -0.526. The summed E-state index contributed by atoms with van der Waals surface area (Å²) in [6, 6.07) is 14.5. The van der Waals surface area contributed by atoms with Crippen molar-refractivity contribution in [3.8, 4) is 0 Å². The van der Waals surface area contributed by atoms with Crippen molar-refractivity contribution in [1.82, 2.24) is 9.80 Å². The molecule has 29 heavy (non-hydrogen) atoms. The van der Waals surface area contributed by atoms with E-state index in [0.717, 1.165) is 18.4 Å². The van der Waals surface area contributed by atoms with Crippen LogP contribution in [-0.2, 0) is 9.59 Å². The van der Waals surface area contributed by atoms with Crippen LogP contribution in [0.2, 0.25) is 5.02 Å². The maximum atomic E-state index is 12.9. The summed E-state index contributed by atoms with van der Waals surface area (Å²) in [5, 5.41) is 0.577. The number of halogens is 1. The quantitative estimate of drug-likeness (QED) is 0.759. The largest absolute Gasteiger partial charge is 0.326 e. The maximum absolute atomic E-state index is 12.9. The molecule has 0 N–H and O–H groups in total. The van der Waals surface area contributed by atoms with Crippen molar-refractivity contribution in [2.24, 2.45) is 0 Å². The van der Waals surface area contributed by atoms with E-state index in [0.29, 0.717) is 16.3 Å². The number of anilines is 1. The monoisotopic (exact) mass is 411 g/mol. The number of nitrogens with zero attached hydrogens (tertiary/aromatic N) is 3. The van der Waals surface area contributed by atoms with Crippen LogP contribution >= 0.6 is 11.6 Å². The molecule has 0 radical (unpaired) electrons. The summed E-state index contributed by atoms with van der Waals surface area (Å²) in [5.41, 5.74) is 2.08. The molecule has 0 unspecified atom stereocenters. The molecule has 2 aromatic carbocycles. The topological polar surface area (TPSA) is 60.9 Å². The first-order chi connectivity index (χ1) is 14.0. The molecule has 2 aliphatic rings. The molecule has 3 amide bonds. The van der Waals surface area contributed by atoms with Gasteiger partial charge in [0, 0.05) is 22.3 Å². The summed E-state index contributed by atoms with van der Waals surface area (Å²) >= 11 is 6.18. The van der Waals surface area contributed by atoms with Gasteiger partial charge in [-0.1, -0.05) is 35.9 Å². The third kappa shape index (κ3) is 3.98. The molecular weight excluding hydrogens is 390 g/mol. The van der Waals surface area contributed by atoms with Gasteiger partial charge in [0.05, 0.1) is 0 Å². The number of rotatable bonds is 5. The van der Waals surface area contributed by atoms with Gasteiger partial charge in [0.15, 0.2) is 0 Å². The molecule has 1 aliphatic carbocycles. The molecule has 1 aliphatic heterocycles. The van der Waals surface area contributed by atoms with Gasteiger partial charge >= 0.3 is 0 Å². The smallest absolute Gasteiger partial charge is 0.254 e.